The van der Waals surface area contributed by atoms with Crippen molar-refractivity contribution >= 4 is 17.5 Å². The molecule has 108 valence electrons. The number of nitrogens with zero attached hydrogens (tertiary/aromatic N) is 1. The Balaban J connectivity index is 1.79. The van der Waals surface area contributed by atoms with Gasteiger partial charge in [0.2, 0.25) is 0 Å². The molecule has 20 heavy (non-hydrogen) atoms. The summed E-state index contributed by atoms with van der Waals surface area (Å²) in [5, 5.41) is 4.15. The molecule has 1 aromatic rings. The summed E-state index contributed by atoms with van der Waals surface area (Å²) in [6.07, 6.45) is 4.66. The molecule has 3 nitrogen and oxygen atoms in total. The van der Waals surface area contributed by atoms with Crippen molar-refractivity contribution in [2.75, 3.05) is 13.1 Å². The van der Waals surface area contributed by atoms with Crippen molar-refractivity contribution in [3.8, 4) is 0 Å². The maximum atomic E-state index is 12.8. The number of nitrogens with one attached hydrogen (secondary N) is 1. The molecule has 1 saturated heterocycles. The topological polar surface area (TPSA) is 32.3 Å². The van der Waals surface area contributed by atoms with Gasteiger partial charge in [0.15, 0.2) is 0 Å². The third kappa shape index (κ3) is 2.84. The minimum atomic E-state index is 0.140. The molecule has 1 aliphatic heterocycles. The van der Waals surface area contributed by atoms with E-state index in [2.05, 4.69) is 10.2 Å². The number of carbonyl (C=O) groups excluding carboxylic acids is 1. The predicted molar refractivity (Wildman–Crippen MR) is 81.3 cm³/mol. The van der Waals surface area contributed by atoms with Gasteiger partial charge in [0.1, 0.15) is 0 Å². The smallest absolute Gasteiger partial charge is 0.254 e. The Morgan fingerprint density at radius 2 is 2.20 bits per heavy atom. The second kappa shape index (κ2) is 5.74. The Morgan fingerprint density at radius 3 is 2.85 bits per heavy atom. The standard InChI is InChI=1S/C16H21ClN2O/c1-11-14(5-2-6-15(11)17)16(20)19(13-7-8-13)10-12-4-3-9-18-12/h2,5-6,12-13,18H,3-4,7-10H2,1H3. The van der Waals surface area contributed by atoms with Gasteiger partial charge in [-0.15, -0.1) is 0 Å². The number of benzene rings is 1. The molecule has 1 N–H and O–H groups in total. The minimum Gasteiger partial charge on any atom is -0.334 e. The van der Waals surface area contributed by atoms with Gasteiger partial charge in [0, 0.05) is 29.2 Å². The lowest BCUT2D eigenvalue weighted by Crippen LogP contribution is -2.42. The molecule has 3 rings (SSSR count). The van der Waals surface area contributed by atoms with Crippen molar-refractivity contribution in [2.24, 2.45) is 0 Å². The first-order valence-corrected chi connectivity index (χ1v) is 7.84. The molecule has 1 unspecified atom stereocenters. The summed E-state index contributed by atoms with van der Waals surface area (Å²) in [5.41, 5.74) is 1.64. The van der Waals surface area contributed by atoms with Gasteiger partial charge in [-0.2, -0.15) is 0 Å². The molecule has 2 aliphatic rings. The molecule has 0 spiro atoms. The fourth-order valence-corrected chi connectivity index (χ4v) is 3.10. The highest BCUT2D eigenvalue weighted by molar-refractivity contribution is 6.31. The first-order valence-electron chi connectivity index (χ1n) is 7.46. The summed E-state index contributed by atoms with van der Waals surface area (Å²) in [5.74, 6) is 0.140. The van der Waals surface area contributed by atoms with Crippen LogP contribution < -0.4 is 5.32 Å². The molecular formula is C16H21ClN2O. The second-order valence-corrected chi connectivity index (χ2v) is 6.30. The van der Waals surface area contributed by atoms with Crippen molar-refractivity contribution in [3.63, 3.8) is 0 Å². The lowest BCUT2D eigenvalue weighted by atomic mass is 10.1. The van der Waals surface area contributed by atoms with E-state index >= 15 is 0 Å². The number of rotatable bonds is 4. The molecular weight excluding hydrogens is 272 g/mol. The number of amides is 1. The molecule has 1 amide bonds. The predicted octanol–water partition coefficient (Wildman–Crippen LogP) is 3.01. The van der Waals surface area contributed by atoms with E-state index in [0.717, 1.165) is 37.1 Å². The summed E-state index contributed by atoms with van der Waals surface area (Å²) in [6, 6.07) is 6.48. The zero-order chi connectivity index (χ0) is 14.1. The number of hydrogen-bond acceptors (Lipinski definition) is 2. The summed E-state index contributed by atoms with van der Waals surface area (Å²) >= 11 is 6.15. The fourth-order valence-electron chi connectivity index (χ4n) is 2.93. The van der Waals surface area contributed by atoms with E-state index < -0.39 is 0 Å². The average Bonchev–Trinajstić information content (AvgIpc) is 3.15. The van der Waals surface area contributed by atoms with E-state index in [1.807, 2.05) is 25.1 Å². The fraction of sp³-hybridized carbons (Fsp3) is 0.562. The van der Waals surface area contributed by atoms with Crippen molar-refractivity contribution in [3.05, 3.63) is 34.3 Å². The first kappa shape index (κ1) is 13.9. The van der Waals surface area contributed by atoms with Crippen molar-refractivity contribution in [1.29, 1.82) is 0 Å². The minimum absolute atomic E-state index is 0.140. The van der Waals surface area contributed by atoms with E-state index in [9.17, 15) is 4.79 Å². The summed E-state index contributed by atoms with van der Waals surface area (Å²) in [7, 11) is 0. The first-order chi connectivity index (χ1) is 9.66. The average molecular weight is 293 g/mol. The normalized spacial score (nSPS) is 22.0. The van der Waals surface area contributed by atoms with Gasteiger partial charge in [-0.25, -0.2) is 0 Å². The van der Waals surface area contributed by atoms with Crippen LogP contribution in [0, 0.1) is 6.92 Å². The number of carbonyl (C=O) groups is 1. The maximum absolute atomic E-state index is 12.8. The summed E-state index contributed by atoms with van der Waals surface area (Å²) in [4.78, 5) is 14.9. The largest absolute Gasteiger partial charge is 0.334 e. The van der Waals surface area contributed by atoms with Gasteiger partial charge in [-0.1, -0.05) is 17.7 Å². The van der Waals surface area contributed by atoms with E-state index in [1.165, 1.54) is 12.8 Å². The van der Waals surface area contributed by atoms with Crippen LogP contribution in [0.4, 0.5) is 0 Å². The third-order valence-corrected chi connectivity index (χ3v) is 4.74. The molecule has 1 heterocycles. The van der Waals surface area contributed by atoms with E-state index in [1.54, 1.807) is 0 Å². The van der Waals surface area contributed by atoms with Crippen LogP contribution in [0.1, 0.15) is 41.6 Å². The zero-order valence-electron chi connectivity index (χ0n) is 11.9. The quantitative estimate of drug-likeness (QED) is 0.925. The highest BCUT2D eigenvalue weighted by atomic mass is 35.5. The summed E-state index contributed by atoms with van der Waals surface area (Å²) < 4.78 is 0. The molecule has 1 saturated carbocycles. The van der Waals surface area contributed by atoms with E-state index in [0.29, 0.717) is 17.1 Å². The van der Waals surface area contributed by atoms with Gasteiger partial charge in [0.25, 0.3) is 5.91 Å². The molecule has 1 aliphatic carbocycles. The Kier molecular flexibility index (Phi) is 3.99. The number of halogens is 1. The SMILES string of the molecule is Cc1c(Cl)cccc1C(=O)N(CC1CCCN1)C1CC1. The van der Waals surface area contributed by atoms with Crippen molar-refractivity contribution < 1.29 is 4.79 Å². The van der Waals surface area contributed by atoms with Crippen LogP contribution in [0.3, 0.4) is 0 Å². The Labute approximate surface area is 125 Å². The Morgan fingerprint density at radius 1 is 1.40 bits per heavy atom. The van der Waals surface area contributed by atoms with Crippen LogP contribution in [0.15, 0.2) is 18.2 Å². The molecule has 1 aromatic carbocycles. The van der Waals surface area contributed by atoms with Gasteiger partial charge in [-0.3, -0.25) is 4.79 Å². The highest BCUT2D eigenvalue weighted by Gasteiger charge is 2.35. The van der Waals surface area contributed by atoms with Crippen LogP contribution in [0.2, 0.25) is 5.02 Å². The molecule has 2 fully saturated rings. The molecule has 0 radical (unpaired) electrons. The molecule has 0 aromatic heterocycles. The second-order valence-electron chi connectivity index (χ2n) is 5.89. The highest BCUT2D eigenvalue weighted by Crippen LogP contribution is 2.30. The third-order valence-electron chi connectivity index (χ3n) is 4.33. The van der Waals surface area contributed by atoms with Crippen LogP contribution in [-0.2, 0) is 0 Å². The Bertz CT molecular complexity index is 507. The van der Waals surface area contributed by atoms with E-state index in [-0.39, 0.29) is 5.91 Å². The zero-order valence-corrected chi connectivity index (χ0v) is 12.6. The monoisotopic (exact) mass is 292 g/mol. The molecule has 0 bridgehead atoms. The van der Waals surface area contributed by atoms with Gasteiger partial charge < -0.3 is 10.2 Å². The van der Waals surface area contributed by atoms with Crippen molar-refractivity contribution in [1.82, 2.24) is 10.2 Å². The van der Waals surface area contributed by atoms with E-state index in [4.69, 9.17) is 11.6 Å². The van der Waals surface area contributed by atoms with Crippen LogP contribution in [-0.4, -0.2) is 36.0 Å². The molecule has 4 heteroatoms. The van der Waals surface area contributed by atoms with Gasteiger partial charge in [0.05, 0.1) is 0 Å². The van der Waals surface area contributed by atoms with Crippen LogP contribution in [0.5, 0.6) is 0 Å². The van der Waals surface area contributed by atoms with Crippen molar-refractivity contribution in [2.45, 2.75) is 44.7 Å². The maximum Gasteiger partial charge on any atom is 0.254 e. The van der Waals surface area contributed by atoms with Crippen LogP contribution >= 0.6 is 11.6 Å². The lowest BCUT2D eigenvalue weighted by molar-refractivity contribution is 0.0728. The van der Waals surface area contributed by atoms with Gasteiger partial charge >= 0.3 is 0 Å². The van der Waals surface area contributed by atoms with Crippen LogP contribution in [0.25, 0.3) is 0 Å². The Hall–Kier alpha value is -1.06. The van der Waals surface area contributed by atoms with Gasteiger partial charge in [-0.05, 0) is 56.8 Å². The lowest BCUT2D eigenvalue weighted by Gasteiger charge is -2.26. The molecule has 1 atom stereocenters. The summed E-state index contributed by atoms with van der Waals surface area (Å²) in [6.45, 7) is 3.83. The number of hydrogen-bond donors (Lipinski definition) is 1.